The molecule has 2 amide bonds. The van der Waals surface area contributed by atoms with Crippen molar-refractivity contribution < 1.29 is 18.7 Å². The molecule has 1 aliphatic rings. The lowest BCUT2D eigenvalue weighted by Gasteiger charge is -2.29. The number of amides is 2. The van der Waals surface area contributed by atoms with Crippen LogP contribution in [0.25, 0.3) is 6.08 Å². The standard InChI is InChI=1S/C24H19BrN2O4S2/c1-3-30-16-6-4-5-15(11-16)27-22(29)19(21(28)26-24(27)32)12-17-13-20(25)23(31-17)33-18-9-7-14(2)8-10-18/h4-13H,3H2,1-2H3,(H,26,28,32)/b19-12+. The highest BCUT2D eigenvalue weighted by molar-refractivity contribution is 9.10. The van der Waals surface area contributed by atoms with Crippen LogP contribution in [0, 0.1) is 6.92 Å². The molecule has 1 saturated heterocycles. The highest BCUT2D eigenvalue weighted by Gasteiger charge is 2.35. The molecular weight excluding hydrogens is 524 g/mol. The predicted molar refractivity (Wildman–Crippen MR) is 136 cm³/mol. The van der Waals surface area contributed by atoms with Crippen molar-refractivity contribution in [2.75, 3.05) is 11.5 Å². The van der Waals surface area contributed by atoms with E-state index in [-0.39, 0.29) is 10.7 Å². The zero-order valence-electron chi connectivity index (χ0n) is 17.8. The molecule has 1 N–H and O–H groups in total. The van der Waals surface area contributed by atoms with Crippen LogP contribution < -0.4 is 15.0 Å². The van der Waals surface area contributed by atoms with E-state index in [1.54, 1.807) is 30.3 Å². The zero-order valence-corrected chi connectivity index (χ0v) is 21.0. The van der Waals surface area contributed by atoms with E-state index in [4.69, 9.17) is 21.4 Å². The van der Waals surface area contributed by atoms with Crippen LogP contribution in [0.15, 0.2) is 79.0 Å². The third kappa shape index (κ3) is 5.21. The Morgan fingerprint density at radius 1 is 1.18 bits per heavy atom. The predicted octanol–water partition coefficient (Wildman–Crippen LogP) is 5.73. The Morgan fingerprint density at radius 2 is 1.94 bits per heavy atom. The third-order valence-corrected chi connectivity index (χ3v) is 6.81. The van der Waals surface area contributed by atoms with Gasteiger partial charge in [-0.1, -0.05) is 35.5 Å². The number of carbonyl (C=O) groups excluding carboxylic acids is 2. The van der Waals surface area contributed by atoms with Crippen LogP contribution in [0.3, 0.4) is 0 Å². The smallest absolute Gasteiger partial charge is 0.270 e. The van der Waals surface area contributed by atoms with Gasteiger partial charge in [-0.2, -0.15) is 0 Å². The van der Waals surface area contributed by atoms with Crippen LogP contribution in [0.2, 0.25) is 0 Å². The van der Waals surface area contributed by atoms with Gasteiger partial charge in [-0.3, -0.25) is 19.8 Å². The normalized spacial score (nSPS) is 15.2. The largest absolute Gasteiger partial charge is 0.494 e. The monoisotopic (exact) mass is 542 g/mol. The van der Waals surface area contributed by atoms with Gasteiger partial charge in [0.15, 0.2) is 10.2 Å². The first-order valence-corrected chi connectivity index (χ1v) is 12.1. The van der Waals surface area contributed by atoms with E-state index in [2.05, 4.69) is 21.2 Å². The van der Waals surface area contributed by atoms with Crippen molar-refractivity contribution in [3.8, 4) is 5.75 Å². The molecule has 1 fully saturated rings. The molecule has 0 bridgehead atoms. The van der Waals surface area contributed by atoms with Gasteiger partial charge in [0.1, 0.15) is 17.1 Å². The molecule has 1 aliphatic heterocycles. The molecule has 168 valence electrons. The van der Waals surface area contributed by atoms with Crippen molar-refractivity contribution in [3.63, 3.8) is 0 Å². The highest BCUT2D eigenvalue weighted by atomic mass is 79.9. The summed E-state index contributed by atoms with van der Waals surface area (Å²) in [6.45, 7) is 4.38. The number of rotatable bonds is 6. The Morgan fingerprint density at radius 3 is 2.67 bits per heavy atom. The van der Waals surface area contributed by atoms with Crippen molar-refractivity contribution >= 4 is 68.6 Å². The van der Waals surface area contributed by atoms with Crippen molar-refractivity contribution in [3.05, 3.63) is 76.0 Å². The second-order valence-corrected chi connectivity index (χ2v) is 9.37. The average Bonchev–Trinajstić information content (AvgIpc) is 3.12. The Hall–Kier alpha value is -2.88. The molecule has 6 nitrogen and oxygen atoms in total. The minimum Gasteiger partial charge on any atom is -0.494 e. The first-order valence-electron chi connectivity index (χ1n) is 10.0. The summed E-state index contributed by atoms with van der Waals surface area (Å²) in [7, 11) is 0. The van der Waals surface area contributed by atoms with E-state index < -0.39 is 11.8 Å². The SMILES string of the molecule is CCOc1cccc(N2C(=O)/C(=C/c3cc(Br)c(Sc4ccc(C)cc4)o3)C(=O)NC2=S)c1. The number of aryl methyl sites for hydroxylation is 1. The number of benzene rings is 2. The third-order valence-electron chi connectivity index (χ3n) is 4.68. The lowest BCUT2D eigenvalue weighted by Crippen LogP contribution is -2.54. The molecule has 0 unspecified atom stereocenters. The molecule has 3 aromatic rings. The molecule has 33 heavy (non-hydrogen) atoms. The van der Waals surface area contributed by atoms with Gasteiger partial charge >= 0.3 is 0 Å². The van der Waals surface area contributed by atoms with Gasteiger partial charge < -0.3 is 9.15 Å². The lowest BCUT2D eigenvalue weighted by molar-refractivity contribution is -0.122. The second kappa shape index (κ2) is 9.94. The molecule has 2 aromatic carbocycles. The minimum absolute atomic E-state index is 0.00652. The molecule has 0 radical (unpaired) electrons. The lowest BCUT2D eigenvalue weighted by atomic mass is 10.1. The van der Waals surface area contributed by atoms with E-state index in [0.717, 1.165) is 9.37 Å². The molecule has 1 aromatic heterocycles. The number of hydrogen-bond acceptors (Lipinski definition) is 6. The summed E-state index contributed by atoms with van der Waals surface area (Å²) in [6.07, 6.45) is 1.42. The molecule has 0 atom stereocenters. The van der Waals surface area contributed by atoms with Gasteiger partial charge in [-0.25, -0.2) is 0 Å². The number of anilines is 1. The molecule has 0 saturated carbocycles. The molecule has 9 heteroatoms. The first-order chi connectivity index (χ1) is 15.9. The van der Waals surface area contributed by atoms with Gasteiger partial charge in [0.2, 0.25) is 0 Å². The summed E-state index contributed by atoms with van der Waals surface area (Å²) in [6, 6.07) is 16.7. The maximum absolute atomic E-state index is 13.2. The van der Waals surface area contributed by atoms with Crippen LogP contribution >= 0.6 is 39.9 Å². The fraction of sp³-hybridized carbons (Fsp3) is 0.125. The summed E-state index contributed by atoms with van der Waals surface area (Å²) in [5, 5.41) is 3.20. The summed E-state index contributed by atoms with van der Waals surface area (Å²) in [5.41, 5.74) is 1.58. The number of thiocarbonyl (C=S) groups is 1. The van der Waals surface area contributed by atoms with Crippen LogP contribution in [0.5, 0.6) is 5.75 Å². The maximum Gasteiger partial charge on any atom is 0.270 e. The van der Waals surface area contributed by atoms with Crippen molar-refractivity contribution in [2.24, 2.45) is 0 Å². The van der Waals surface area contributed by atoms with E-state index in [1.165, 1.54) is 28.3 Å². The maximum atomic E-state index is 13.2. The summed E-state index contributed by atoms with van der Waals surface area (Å²) in [5.74, 6) is -0.160. The number of hydrogen-bond donors (Lipinski definition) is 1. The fourth-order valence-corrected chi connectivity index (χ4v) is 4.75. The number of nitrogens with one attached hydrogen (secondary N) is 1. The Kier molecular flexibility index (Phi) is 7.02. The van der Waals surface area contributed by atoms with Gasteiger partial charge in [-0.05, 0) is 78.4 Å². The summed E-state index contributed by atoms with van der Waals surface area (Å²) >= 11 is 10.2. The molecule has 0 aliphatic carbocycles. The average molecular weight is 543 g/mol. The van der Waals surface area contributed by atoms with Gasteiger partial charge in [-0.15, -0.1) is 0 Å². The zero-order chi connectivity index (χ0) is 23.5. The number of nitrogens with zero attached hydrogens (tertiary/aromatic N) is 1. The number of ether oxygens (including phenoxy) is 1. The van der Waals surface area contributed by atoms with Gasteiger partial charge in [0, 0.05) is 11.0 Å². The molecule has 2 heterocycles. The second-order valence-electron chi connectivity index (χ2n) is 7.09. The summed E-state index contributed by atoms with van der Waals surface area (Å²) in [4.78, 5) is 28.1. The fourth-order valence-electron chi connectivity index (χ4n) is 3.14. The van der Waals surface area contributed by atoms with Crippen molar-refractivity contribution in [2.45, 2.75) is 23.8 Å². The van der Waals surface area contributed by atoms with Crippen LogP contribution in [-0.2, 0) is 9.59 Å². The Balaban J connectivity index is 1.62. The Labute approximate surface area is 209 Å². The molecular formula is C24H19BrN2O4S2. The number of halogens is 1. The topological polar surface area (TPSA) is 71.8 Å². The summed E-state index contributed by atoms with van der Waals surface area (Å²) < 4.78 is 12.1. The van der Waals surface area contributed by atoms with Crippen molar-refractivity contribution in [1.82, 2.24) is 5.32 Å². The minimum atomic E-state index is -0.581. The number of carbonyl (C=O) groups is 2. The number of furan rings is 1. The van der Waals surface area contributed by atoms with Crippen molar-refractivity contribution in [1.29, 1.82) is 0 Å². The van der Waals surface area contributed by atoms with E-state index in [9.17, 15) is 9.59 Å². The van der Waals surface area contributed by atoms with Crippen LogP contribution in [0.4, 0.5) is 5.69 Å². The van der Waals surface area contributed by atoms with E-state index >= 15 is 0 Å². The van der Waals surface area contributed by atoms with Crippen LogP contribution in [-0.4, -0.2) is 23.5 Å². The van der Waals surface area contributed by atoms with E-state index in [0.29, 0.717) is 28.9 Å². The van der Waals surface area contributed by atoms with Gasteiger partial charge in [0.25, 0.3) is 11.8 Å². The van der Waals surface area contributed by atoms with Crippen LogP contribution in [0.1, 0.15) is 18.2 Å². The highest BCUT2D eigenvalue weighted by Crippen LogP contribution is 2.37. The Bertz CT molecular complexity index is 1270. The van der Waals surface area contributed by atoms with Gasteiger partial charge in [0.05, 0.1) is 16.8 Å². The van der Waals surface area contributed by atoms with E-state index in [1.807, 2.05) is 38.1 Å². The quantitative estimate of drug-likeness (QED) is 0.243. The first kappa shape index (κ1) is 23.3. The molecule has 4 rings (SSSR count). The molecule has 0 spiro atoms.